The third kappa shape index (κ3) is 5.36. The maximum Gasteiger partial charge on any atom is 0.254 e. The number of benzene rings is 4. The Balaban J connectivity index is 1.08. The fraction of sp³-hybridized carbons (Fsp3) is 0.182. The van der Waals surface area contributed by atoms with E-state index in [1.54, 1.807) is 0 Å². The Morgan fingerprint density at radius 2 is 1.43 bits per heavy atom. The van der Waals surface area contributed by atoms with Gasteiger partial charge in [-0.2, -0.15) is 4.40 Å². The lowest BCUT2D eigenvalue weighted by atomic mass is 9.88. The van der Waals surface area contributed by atoms with Crippen molar-refractivity contribution in [1.29, 1.82) is 0 Å². The van der Waals surface area contributed by atoms with Crippen molar-refractivity contribution >= 4 is 27.3 Å². The Morgan fingerprint density at radius 3 is 2.27 bits per heavy atom. The van der Waals surface area contributed by atoms with Gasteiger partial charge in [0.1, 0.15) is 34.9 Å². The minimum absolute atomic E-state index is 0.0171. The van der Waals surface area contributed by atoms with Crippen molar-refractivity contribution in [3.05, 3.63) is 162 Å². The maximum absolute atomic E-state index is 6.61. The fourth-order valence-corrected chi connectivity index (χ4v) is 7.33. The van der Waals surface area contributed by atoms with Crippen LogP contribution in [0.5, 0.6) is 11.5 Å². The van der Waals surface area contributed by atoms with E-state index in [1.165, 1.54) is 44.2 Å². The van der Waals surface area contributed by atoms with Crippen LogP contribution in [-0.4, -0.2) is 14.0 Å². The molecule has 12 rings (SSSR count). The van der Waals surface area contributed by atoms with Crippen molar-refractivity contribution in [2.75, 3.05) is 0 Å². The molecule has 4 aromatic carbocycles. The first-order chi connectivity index (χ1) is 23.9. The van der Waals surface area contributed by atoms with Crippen molar-refractivity contribution in [2.45, 2.75) is 51.9 Å². The maximum atomic E-state index is 6.61. The normalized spacial score (nSPS) is 13.3. The highest BCUT2D eigenvalue weighted by Crippen LogP contribution is 2.36. The van der Waals surface area contributed by atoms with Gasteiger partial charge in [0.05, 0.1) is 11.0 Å². The van der Waals surface area contributed by atoms with Crippen LogP contribution in [0.1, 0.15) is 48.7 Å². The van der Waals surface area contributed by atoms with Crippen molar-refractivity contribution in [3.63, 3.8) is 0 Å². The van der Waals surface area contributed by atoms with Gasteiger partial charge in [0.15, 0.2) is 5.52 Å². The molecule has 4 aromatic heterocycles. The summed E-state index contributed by atoms with van der Waals surface area (Å²) in [6.07, 6.45) is 10.5. The molecule has 2 aliphatic carbocycles. The van der Waals surface area contributed by atoms with E-state index in [9.17, 15) is 0 Å². The summed E-state index contributed by atoms with van der Waals surface area (Å²) in [6.45, 7) is 6.72. The average molecular weight is 640 g/mol. The van der Waals surface area contributed by atoms with Gasteiger partial charge in [-0.1, -0.05) is 75.4 Å². The molecule has 5 nitrogen and oxygen atoms in total. The third-order valence-corrected chi connectivity index (χ3v) is 10.1. The summed E-state index contributed by atoms with van der Waals surface area (Å²) in [5.41, 5.74) is 11.3. The van der Waals surface area contributed by atoms with Gasteiger partial charge in [-0.05, 0) is 89.9 Å². The van der Waals surface area contributed by atoms with Crippen LogP contribution in [0, 0.1) is 0 Å². The van der Waals surface area contributed by atoms with Crippen LogP contribution in [0.4, 0.5) is 0 Å². The zero-order chi connectivity index (χ0) is 33.1. The molecule has 5 heteroatoms. The van der Waals surface area contributed by atoms with E-state index in [1.807, 2.05) is 12.3 Å². The number of pyridine rings is 2. The van der Waals surface area contributed by atoms with Crippen molar-refractivity contribution in [2.24, 2.45) is 0 Å². The summed E-state index contributed by atoms with van der Waals surface area (Å²) < 4.78 is 13.5. The number of aromatic nitrogens is 4. The second-order valence-electron chi connectivity index (χ2n) is 14.4. The zero-order valence-corrected chi connectivity index (χ0v) is 28.2. The molecular formula is C44H39N4O+. The van der Waals surface area contributed by atoms with Gasteiger partial charge in [-0.25, -0.2) is 9.55 Å². The Kier molecular flexibility index (Phi) is 6.90. The van der Waals surface area contributed by atoms with Gasteiger partial charge < -0.3 is 4.74 Å². The Morgan fingerprint density at radius 1 is 0.653 bits per heavy atom. The number of para-hydroxylation sites is 1. The lowest BCUT2D eigenvalue weighted by molar-refractivity contribution is -0.594. The molecule has 0 radical (unpaired) electrons. The van der Waals surface area contributed by atoms with Crippen LogP contribution >= 0.6 is 0 Å². The first-order valence-electron chi connectivity index (χ1n) is 17.3. The fourth-order valence-electron chi connectivity index (χ4n) is 7.33. The predicted molar refractivity (Wildman–Crippen MR) is 198 cm³/mol. The van der Waals surface area contributed by atoms with E-state index in [4.69, 9.17) is 9.72 Å². The molecule has 8 aromatic rings. The van der Waals surface area contributed by atoms with Crippen molar-refractivity contribution in [3.8, 4) is 23.0 Å². The van der Waals surface area contributed by atoms with E-state index < -0.39 is 0 Å². The highest BCUT2D eigenvalue weighted by atomic mass is 16.5. The molecule has 4 aliphatic rings. The van der Waals surface area contributed by atoms with Gasteiger partial charge >= 0.3 is 0 Å². The second-order valence-corrected chi connectivity index (χ2v) is 14.4. The summed E-state index contributed by atoms with van der Waals surface area (Å²) in [7, 11) is 0. The van der Waals surface area contributed by atoms with Crippen molar-refractivity contribution in [1.82, 2.24) is 14.0 Å². The number of ether oxygens (including phenoxy) is 1. The van der Waals surface area contributed by atoms with Crippen LogP contribution in [0.25, 0.3) is 38.8 Å². The number of nitrogens with zero attached hydrogens (tertiary/aromatic N) is 4. The number of fused-ring (bicyclic) bond motifs is 3. The standard InChI is InChI=1S/C44H39N4O/c1-44(2,3)33-23-24-45-43(25-33)48-40-10-5-4-9-38(40)39-22-21-37(27-41(39)48)49-36-8-6-7-35(26-36)46-28-42-32-17-15-30-11-13-31(14-12-30)16-19-34(20-18-32)47(42)29-46/h4-14,18,20-29H,15-17,19H2,1-3H3/q+1. The molecule has 0 amide bonds. The molecule has 0 atom stereocenters. The molecule has 240 valence electrons. The van der Waals surface area contributed by atoms with Crippen LogP contribution in [-0.2, 0) is 31.1 Å². The smallest absolute Gasteiger partial charge is 0.254 e. The van der Waals surface area contributed by atoms with Crippen molar-refractivity contribution < 1.29 is 9.30 Å². The van der Waals surface area contributed by atoms with Gasteiger partial charge in [-0.15, -0.1) is 0 Å². The Hall–Kier alpha value is -5.68. The highest BCUT2D eigenvalue weighted by Gasteiger charge is 2.20. The molecule has 0 fully saturated rings. The van der Waals surface area contributed by atoms with Gasteiger partial charge in [-0.3, -0.25) is 4.57 Å². The number of hydrogen-bond acceptors (Lipinski definition) is 2. The third-order valence-electron chi connectivity index (χ3n) is 10.1. The quantitative estimate of drug-likeness (QED) is 0.180. The molecule has 0 N–H and O–H groups in total. The summed E-state index contributed by atoms with van der Waals surface area (Å²) in [5.74, 6) is 2.49. The van der Waals surface area contributed by atoms with E-state index in [-0.39, 0.29) is 5.41 Å². The highest BCUT2D eigenvalue weighted by molar-refractivity contribution is 6.09. The largest absolute Gasteiger partial charge is 0.457 e. The summed E-state index contributed by atoms with van der Waals surface area (Å²) in [6, 6.07) is 41.4. The number of imidazole rings is 1. The van der Waals surface area contributed by atoms with Gasteiger partial charge in [0.2, 0.25) is 0 Å². The first kappa shape index (κ1) is 29.5. The minimum atomic E-state index is 0.0171. The summed E-state index contributed by atoms with van der Waals surface area (Å²) >= 11 is 0. The molecular weight excluding hydrogens is 601 g/mol. The molecule has 4 bridgehead atoms. The van der Waals surface area contributed by atoms with Crippen LogP contribution in [0.2, 0.25) is 0 Å². The molecule has 0 spiro atoms. The molecule has 0 saturated heterocycles. The van der Waals surface area contributed by atoms with Gasteiger partial charge in [0.25, 0.3) is 6.33 Å². The lowest BCUT2D eigenvalue weighted by Crippen LogP contribution is -2.27. The van der Waals surface area contributed by atoms with E-state index in [0.717, 1.165) is 59.7 Å². The molecule has 49 heavy (non-hydrogen) atoms. The first-order valence-corrected chi connectivity index (χ1v) is 17.3. The van der Waals surface area contributed by atoms with E-state index >= 15 is 0 Å². The average Bonchev–Trinajstić information content (AvgIpc) is 3.70. The van der Waals surface area contributed by atoms with Crippen LogP contribution in [0.3, 0.4) is 0 Å². The molecule has 2 aliphatic heterocycles. The molecule has 0 unspecified atom stereocenters. The van der Waals surface area contributed by atoms with Gasteiger partial charge in [0, 0.05) is 41.1 Å². The lowest BCUT2D eigenvalue weighted by Gasteiger charge is -2.20. The predicted octanol–water partition coefficient (Wildman–Crippen LogP) is 9.68. The number of rotatable bonds is 4. The zero-order valence-electron chi connectivity index (χ0n) is 28.2. The number of aryl methyl sites for hydroxylation is 4. The SMILES string of the molecule is CC(C)(C)c1ccnc(-n2c3ccccc3c3ccc(Oc4cccc(-[n+]5cc6c7ccc(n6c5)CCc5ccc(cc5)CC7)c4)cc32)c1. The Bertz CT molecular complexity index is 2450. The topological polar surface area (TPSA) is 35.3 Å². The minimum Gasteiger partial charge on any atom is -0.457 e. The van der Waals surface area contributed by atoms with E-state index in [0.29, 0.717) is 0 Å². The molecule has 6 heterocycles. The Labute approximate surface area is 286 Å². The molecule has 0 saturated carbocycles. The van der Waals surface area contributed by atoms with E-state index in [2.05, 4.69) is 156 Å². The summed E-state index contributed by atoms with van der Waals surface area (Å²) in [5, 5.41) is 2.37. The van der Waals surface area contributed by atoms with Crippen LogP contribution in [0.15, 0.2) is 134 Å². The second kappa shape index (κ2) is 11.5. The summed E-state index contributed by atoms with van der Waals surface area (Å²) in [4.78, 5) is 4.84. The van der Waals surface area contributed by atoms with Crippen LogP contribution < -0.4 is 9.30 Å². The number of hydrogen-bond donors (Lipinski definition) is 0. The monoisotopic (exact) mass is 639 g/mol.